The fraction of sp³-hybridized carbons (Fsp3) is 0.521. The van der Waals surface area contributed by atoms with Crippen LogP contribution < -0.4 is 21.6 Å². The second-order valence-corrected chi connectivity index (χ2v) is 18.7. The number of fused-ring (bicyclic) bond motifs is 1. The number of imide groups is 1. The summed E-state index contributed by atoms with van der Waals surface area (Å²) in [5, 5.41) is 13.7. The molecule has 2 aliphatic heterocycles. The minimum absolute atomic E-state index is 0.146. The first-order valence-corrected chi connectivity index (χ1v) is 23.2. The van der Waals surface area contributed by atoms with Crippen molar-refractivity contribution in [3.8, 4) is 11.5 Å². The number of aryl methyl sites for hydroxylation is 2. The lowest BCUT2D eigenvalue weighted by Crippen LogP contribution is -2.47. The Bertz CT molecular complexity index is 2610. The summed E-state index contributed by atoms with van der Waals surface area (Å²) in [5.74, 6) is 1.33. The van der Waals surface area contributed by atoms with Crippen LogP contribution in [0, 0.1) is 11.8 Å². The van der Waals surface area contributed by atoms with Crippen molar-refractivity contribution in [1.29, 1.82) is 0 Å². The standard InChI is InChI=1S/C48H61N11O6/c1-30(2)44-37(51-45(61)38-29-65-47(52-38)34-17-18-49-42(23-34)50-24-32-7-8-32)28-58(54-44)35-12-9-33(10-13-35)25-55(3)26-36-27-57(20-21-64-36)19-5-6-31-11-14-39-41(22-31)56(4)48(63)59(39)40-15-16-43(60)53-46(40)62/h11,14,17-18,22-23,28-29,32-33,35-36,40H,1,5-10,12-13,15-16,19-21,24-27H2,2-4H3,(H,49,50)(H,51,61)(H,53,60,62)/t33-,35-,36-,40?/m1/s1. The molecule has 5 aromatic rings. The van der Waals surface area contributed by atoms with Crippen LogP contribution in [-0.2, 0) is 27.8 Å². The number of pyridine rings is 1. The van der Waals surface area contributed by atoms with E-state index in [0.29, 0.717) is 41.7 Å². The molecule has 17 heteroatoms. The molecule has 65 heavy (non-hydrogen) atoms. The van der Waals surface area contributed by atoms with Crippen molar-refractivity contribution >= 4 is 45.8 Å². The van der Waals surface area contributed by atoms with Gasteiger partial charge in [-0.2, -0.15) is 5.10 Å². The van der Waals surface area contributed by atoms with E-state index < -0.39 is 11.9 Å². The molecular weight excluding hydrogens is 827 g/mol. The molecule has 3 N–H and O–H groups in total. The van der Waals surface area contributed by atoms with Gasteiger partial charge in [0.25, 0.3) is 5.91 Å². The molecule has 4 aromatic heterocycles. The molecule has 1 unspecified atom stereocenters. The van der Waals surface area contributed by atoms with Gasteiger partial charge in [0.1, 0.15) is 23.8 Å². The number of oxazole rings is 1. The van der Waals surface area contributed by atoms with Crippen LogP contribution in [-0.4, -0.2) is 115 Å². The summed E-state index contributed by atoms with van der Waals surface area (Å²) in [6.07, 6.45) is 14.2. The average Bonchev–Trinajstić information content (AvgIpc) is 3.71. The zero-order valence-electron chi connectivity index (χ0n) is 37.8. The van der Waals surface area contributed by atoms with Crippen molar-refractivity contribution in [2.24, 2.45) is 18.9 Å². The van der Waals surface area contributed by atoms with E-state index in [2.05, 4.69) is 55.4 Å². The van der Waals surface area contributed by atoms with E-state index in [9.17, 15) is 19.2 Å². The van der Waals surface area contributed by atoms with Gasteiger partial charge in [-0.05, 0) is 126 Å². The summed E-state index contributed by atoms with van der Waals surface area (Å²) < 4.78 is 17.1. The largest absolute Gasteiger partial charge is 0.444 e. The van der Waals surface area contributed by atoms with Gasteiger partial charge in [-0.25, -0.2) is 14.8 Å². The van der Waals surface area contributed by atoms with E-state index in [-0.39, 0.29) is 41.8 Å². The zero-order chi connectivity index (χ0) is 45.2. The molecule has 2 aliphatic carbocycles. The first-order valence-electron chi connectivity index (χ1n) is 23.2. The summed E-state index contributed by atoms with van der Waals surface area (Å²) >= 11 is 0. The maximum Gasteiger partial charge on any atom is 0.329 e. The third kappa shape index (κ3) is 10.3. The highest BCUT2D eigenvalue weighted by Crippen LogP contribution is 2.35. The molecule has 0 radical (unpaired) electrons. The number of imidazole rings is 1. The molecule has 6 heterocycles. The van der Waals surface area contributed by atoms with Crippen molar-refractivity contribution in [3.63, 3.8) is 0 Å². The van der Waals surface area contributed by atoms with Crippen LogP contribution >= 0.6 is 0 Å². The van der Waals surface area contributed by atoms with Crippen LogP contribution in [0.15, 0.2) is 64.8 Å². The molecule has 2 atom stereocenters. The van der Waals surface area contributed by atoms with Crippen LogP contribution in [0.2, 0.25) is 0 Å². The normalized spacial score (nSPS) is 21.8. The molecule has 0 bridgehead atoms. The molecule has 2 saturated carbocycles. The molecule has 344 valence electrons. The van der Waals surface area contributed by atoms with E-state index in [4.69, 9.17) is 14.3 Å². The lowest BCUT2D eigenvalue weighted by molar-refractivity contribution is -0.135. The number of anilines is 2. The number of carbonyl (C=O) groups excluding carboxylic acids is 3. The number of rotatable bonds is 17. The number of amides is 3. The fourth-order valence-electron chi connectivity index (χ4n) is 9.76. The van der Waals surface area contributed by atoms with E-state index in [1.54, 1.807) is 17.8 Å². The number of carbonyl (C=O) groups is 3. The van der Waals surface area contributed by atoms with Gasteiger partial charge >= 0.3 is 5.69 Å². The molecule has 4 aliphatic rings. The van der Waals surface area contributed by atoms with E-state index >= 15 is 0 Å². The second-order valence-electron chi connectivity index (χ2n) is 18.7. The topological polar surface area (TPSA) is 187 Å². The Balaban J connectivity index is 0.721. The Morgan fingerprint density at radius 1 is 1.02 bits per heavy atom. The lowest BCUT2D eigenvalue weighted by Gasteiger charge is -2.36. The highest BCUT2D eigenvalue weighted by molar-refractivity contribution is 6.04. The maximum absolute atomic E-state index is 13.4. The predicted molar refractivity (Wildman–Crippen MR) is 247 cm³/mol. The van der Waals surface area contributed by atoms with Crippen LogP contribution in [0.4, 0.5) is 11.5 Å². The Labute approximate surface area is 378 Å². The van der Waals surface area contributed by atoms with E-state index in [1.807, 2.05) is 42.1 Å². The number of likely N-dealkylation sites (N-methyl/N-ethyl adjacent to an activating group) is 1. The van der Waals surface area contributed by atoms with Crippen molar-refractivity contribution in [3.05, 3.63) is 83.0 Å². The fourth-order valence-corrected chi connectivity index (χ4v) is 9.76. The molecule has 3 amide bonds. The van der Waals surface area contributed by atoms with Gasteiger partial charge in [0.2, 0.25) is 17.7 Å². The number of nitrogens with one attached hydrogen (secondary N) is 3. The van der Waals surface area contributed by atoms with Crippen molar-refractivity contribution in [2.45, 2.75) is 89.3 Å². The average molecular weight is 888 g/mol. The van der Waals surface area contributed by atoms with Gasteiger partial charge in [0, 0.05) is 64.1 Å². The number of benzene rings is 1. The Morgan fingerprint density at radius 2 is 1.83 bits per heavy atom. The number of ether oxygens (including phenoxy) is 1. The predicted octanol–water partition coefficient (Wildman–Crippen LogP) is 5.67. The van der Waals surface area contributed by atoms with Gasteiger partial charge < -0.3 is 24.7 Å². The molecule has 17 nitrogen and oxygen atoms in total. The molecular formula is C48H61N11O6. The van der Waals surface area contributed by atoms with Gasteiger partial charge in [-0.1, -0.05) is 12.6 Å². The smallest absolute Gasteiger partial charge is 0.329 e. The molecule has 4 fully saturated rings. The summed E-state index contributed by atoms with van der Waals surface area (Å²) in [6.45, 7) is 12.3. The highest BCUT2D eigenvalue weighted by Gasteiger charge is 2.32. The van der Waals surface area contributed by atoms with Crippen LogP contribution in [0.5, 0.6) is 0 Å². The van der Waals surface area contributed by atoms with Gasteiger partial charge in [-0.15, -0.1) is 0 Å². The van der Waals surface area contributed by atoms with Crippen LogP contribution in [0.1, 0.15) is 98.5 Å². The third-order valence-corrected chi connectivity index (χ3v) is 13.5. The third-order valence-electron chi connectivity index (χ3n) is 13.5. The van der Waals surface area contributed by atoms with Crippen LogP contribution in [0.3, 0.4) is 0 Å². The van der Waals surface area contributed by atoms with Crippen LogP contribution in [0.25, 0.3) is 28.1 Å². The van der Waals surface area contributed by atoms with Gasteiger partial charge in [-0.3, -0.25) is 38.4 Å². The monoisotopic (exact) mass is 887 g/mol. The molecule has 0 spiro atoms. The number of hydrogen-bond acceptors (Lipinski definition) is 12. The number of hydrogen-bond donors (Lipinski definition) is 3. The van der Waals surface area contributed by atoms with Crippen molar-refractivity contribution in [1.82, 2.24) is 44.0 Å². The first kappa shape index (κ1) is 44.3. The van der Waals surface area contributed by atoms with Crippen molar-refractivity contribution < 1.29 is 23.5 Å². The summed E-state index contributed by atoms with van der Waals surface area (Å²) in [6, 6.07) is 9.29. The molecule has 1 aromatic carbocycles. The van der Waals surface area contributed by atoms with Gasteiger partial charge in [0.05, 0.1) is 35.5 Å². The summed E-state index contributed by atoms with van der Waals surface area (Å²) in [4.78, 5) is 64.7. The quantitative estimate of drug-likeness (QED) is 0.0974. The maximum atomic E-state index is 13.4. The lowest BCUT2D eigenvalue weighted by atomic mass is 9.86. The number of piperidine rings is 1. The SMILES string of the molecule is C=C(C)c1nn([C@H]2CC[C@H](CN(C)C[C@@H]3CN(CCCc4ccc5c(c4)n(C)c(=O)n5C4CCC(=O)NC4=O)CCO3)CC2)cc1NC(=O)c1coc(-c2ccnc(NCC3CC3)c2)n1. The van der Waals surface area contributed by atoms with E-state index in [0.717, 1.165) is 112 Å². The second kappa shape index (κ2) is 19.3. The van der Waals surface area contributed by atoms with E-state index in [1.165, 1.54) is 23.7 Å². The van der Waals surface area contributed by atoms with Crippen molar-refractivity contribution in [2.75, 3.05) is 63.6 Å². The zero-order valence-corrected chi connectivity index (χ0v) is 37.8. The summed E-state index contributed by atoms with van der Waals surface area (Å²) in [5.41, 5.74) is 5.38. The Morgan fingerprint density at radius 3 is 2.62 bits per heavy atom. The number of allylic oxidation sites excluding steroid dienone is 1. The Kier molecular flexibility index (Phi) is 13.1. The molecule has 9 rings (SSSR count). The minimum Gasteiger partial charge on any atom is -0.444 e. The molecule has 2 saturated heterocycles. The summed E-state index contributed by atoms with van der Waals surface area (Å²) in [7, 11) is 3.93. The number of aromatic nitrogens is 6. The number of morpholine rings is 1. The van der Waals surface area contributed by atoms with Gasteiger partial charge in [0.15, 0.2) is 5.69 Å². The Hall–Kier alpha value is -5.91. The number of nitrogens with zero attached hydrogens (tertiary/aromatic N) is 8. The minimum atomic E-state index is -0.686. The first-order chi connectivity index (χ1) is 31.4. The highest BCUT2D eigenvalue weighted by atomic mass is 16.5.